The van der Waals surface area contributed by atoms with Gasteiger partial charge in [-0.15, -0.1) is 0 Å². The summed E-state index contributed by atoms with van der Waals surface area (Å²) in [5.74, 6) is -0.443. The molecule has 5 heteroatoms. The van der Waals surface area contributed by atoms with Gasteiger partial charge < -0.3 is 14.2 Å². The second-order valence-electron chi connectivity index (χ2n) is 18.1. The maximum absolute atomic E-state index is 12.8. The van der Waals surface area contributed by atoms with Crippen LogP contribution in [-0.4, -0.2) is 37.9 Å². The van der Waals surface area contributed by atoms with Crippen molar-refractivity contribution in [3.8, 4) is 0 Å². The number of hydrogen-bond donors (Lipinski definition) is 0. The van der Waals surface area contributed by atoms with Gasteiger partial charge >= 0.3 is 11.9 Å². The zero-order chi connectivity index (χ0) is 46.3. The first-order valence-electron chi connectivity index (χ1n) is 27.5. The third-order valence-corrected chi connectivity index (χ3v) is 11.7. The van der Waals surface area contributed by atoms with E-state index in [0.717, 1.165) is 77.0 Å². The molecule has 0 aliphatic carbocycles. The van der Waals surface area contributed by atoms with Crippen LogP contribution in [0.15, 0.2) is 72.9 Å². The van der Waals surface area contributed by atoms with Crippen LogP contribution in [0.4, 0.5) is 0 Å². The minimum Gasteiger partial charge on any atom is -0.462 e. The predicted molar refractivity (Wildman–Crippen MR) is 279 cm³/mol. The summed E-state index contributed by atoms with van der Waals surface area (Å²) in [5, 5.41) is 0. The van der Waals surface area contributed by atoms with E-state index in [2.05, 4.69) is 93.7 Å². The van der Waals surface area contributed by atoms with Crippen molar-refractivity contribution in [2.24, 2.45) is 0 Å². The van der Waals surface area contributed by atoms with Gasteiger partial charge in [-0.3, -0.25) is 9.59 Å². The maximum atomic E-state index is 12.8. The monoisotopic (exact) mass is 893 g/mol. The molecule has 64 heavy (non-hydrogen) atoms. The molecule has 0 aliphatic rings. The molecule has 5 nitrogen and oxygen atoms in total. The Labute approximate surface area is 397 Å². The molecule has 0 heterocycles. The van der Waals surface area contributed by atoms with Crippen molar-refractivity contribution in [3.05, 3.63) is 72.9 Å². The van der Waals surface area contributed by atoms with Gasteiger partial charge in [-0.2, -0.15) is 0 Å². The second-order valence-corrected chi connectivity index (χ2v) is 18.1. The van der Waals surface area contributed by atoms with Crippen LogP contribution in [0.2, 0.25) is 0 Å². The smallest absolute Gasteiger partial charge is 0.306 e. The highest BCUT2D eigenvalue weighted by Gasteiger charge is 2.17. The summed E-state index contributed by atoms with van der Waals surface area (Å²) in [4.78, 5) is 25.4. The van der Waals surface area contributed by atoms with Crippen LogP contribution in [0.1, 0.15) is 265 Å². The fraction of sp³-hybridized carbons (Fsp3) is 0.763. The molecule has 1 atom stereocenters. The van der Waals surface area contributed by atoms with Gasteiger partial charge in [-0.25, -0.2) is 0 Å². The Morgan fingerprint density at radius 2 is 0.734 bits per heavy atom. The van der Waals surface area contributed by atoms with Crippen LogP contribution in [0, 0.1) is 0 Å². The van der Waals surface area contributed by atoms with Gasteiger partial charge in [0.15, 0.2) is 6.10 Å². The first-order chi connectivity index (χ1) is 31.6. The van der Waals surface area contributed by atoms with Gasteiger partial charge in [0.1, 0.15) is 6.61 Å². The van der Waals surface area contributed by atoms with E-state index in [1.54, 1.807) is 0 Å². The third-order valence-electron chi connectivity index (χ3n) is 11.7. The lowest BCUT2D eigenvalue weighted by molar-refractivity contribution is -0.163. The van der Waals surface area contributed by atoms with Gasteiger partial charge in [0.05, 0.1) is 6.61 Å². The fourth-order valence-corrected chi connectivity index (χ4v) is 7.66. The molecule has 0 fully saturated rings. The molecule has 370 valence electrons. The minimum absolute atomic E-state index is 0.0646. The van der Waals surface area contributed by atoms with Crippen molar-refractivity contribution >= 4 is 11.9 Å². The molecule has 0 N–H and O–H groups in total. The lowest BCUT2D eigenvalue weighted by atomic mass is 10.0. The normalized spacial score (nSPS) is 12.7. The average Bonchev–Trinajstić information content (AvgIpc) is 3.30. The average molecular weight is 893 g/mol. The summed E-state index contributed by atoms with van der Waals surface area (Å²) in [7, 11) is 0. The van der Waals surface area contributed by atoms with Crippen LogP contribution in [0.3, 0.4) is 0 Å². The summed E-state index contributed by atoms with van der Waals surface area (Å²) in [6.45, 7) is 7.61. The molecule has 0 bridgehead atoms. The van der Waals surface area contributed by atoms with E-state index in [1.165, 1.54) is 154 Å². The minimum atomic E-state index is -0.564. The van der Waals surface area contributed by atoms with Crippen molar-refractivity contribution in [2.45, 2.75) is 271 Å². The van der Waals surface area contributed by atoms with Crippen molar-refractivity contribution in [3.63, 3.8) is 0 Å². The highest BCUT2D eigenvalue weighted by Crippen LogP contribution is 2.16. The number of unbranched alkanes of at least 4 members (excludes halogenated alkanes) is 27. The van der Waals surface area contributed by atoms with Crippen LogP contribution in [0.5, 0.6) is 0 Å². The molecule has 0 aromatic carbocycles. The number of rotatable bonds is 50. The first kappa shape index (κ1) is 61.3. The summed E-state index contributed by atoms with van der Waals surface area (Å²) >= 11 is 0. The van der Waals surface area contributed by atoms with Crippen molar-refractivity contribution in [1.82, 2.24) is 0 Å². The van der Waals surface area contributed by atoms with Crippen molar-refractivity contribution < 1.29 is 23.8 Å². The number of ether oxygens (including phenoxy) is 3. The van der Waals surface area contributed by atoms with Crippen LogP contribution in [-0.2, 0) is 23.8 Å². The quantitative estimate of drug-likeness (QED) is 0.0346. The summed E-state index contributed by atoms with van der Waals surface area (Å²) in [6, 6.07) is 0. The number of allylic oxidation sites excluding steroid dienone is 12. The molecule has 0 spiro atoms. The number of carbonyl (C=O) groups excluding carboxylic acids is 2. The Balaban J connectivity index is 4.29. The molecule has 0 aromatic heterocycles. The zero-order valence-corrected chi connectivity index (χ0v) is 42.5. The summed E-state index contributed by atoms with van der Waals surface area (Å²) in [5.41, 5.74) is 0. The summed E-state index contributed by atoms with van der Waals surface area (Å²) < 4.78 is 17.4. The molecule has 0 radical (unpaired) electrons. The largest absolute Gasteiger partial charge is 0.462 e. The first-order valence-corrected chi connectivity index (χ1v) is 27.5. The van der Waals surface area contributed by atoms with Crippen LogP contribution >= 0.6 is 0 Å². The molecule has 0 amide bonds. The Morgan fingerprint density at radius 3 is 1.22 bits per heavy atom. The Hall–Kier alpha value is -2.66. The zero-order valence-electron chi connectivity index (χ0n) is 42.5. The SMILES string of the molecule is CC/C=C\C/C=C\C/C=C\C/C=C\CCCCC(=O)OC(COCCCCCCCC/C=C\C/C=C\CCC)COC(=O)CCCCCCCCCCCCCCCCCCCCC. The Kier molecular flexibility index (Phi) is 52.4. The van der Waals surface area contributed by atoms with Gasteiger partial charge in [0.2, 0.25) is 0 Å². The number of hydrogen-bond acceptors (Lipinski definition) is 5. The topological polar surface area (TPSA) is 61.8 Å². The lowest BCUT2D eigenvalue weighted by Crippen LogP contribution is -2.30. The molecule has 0 saturated heterocycles. The van der Waals surface area contributed by atoms with E-state index >= 15 is 0 Å². The maximum Gasteiger partial charge on any atom is 0.306 e. The van der Waals surface area contributed by atoms with E-state index < -0.39 is 6.10 Å². The van der Waals surface area contributed by atoms with E-state index in [-0.39, 0.29) is 25.2 Å². The van der Waals surface area contributed by atoms with Gasteiger partial charge in [0, 0.05) is 19.4 Å². The molecular formula is C59H104O5. The molecular weight excluding hydrogens is 789 g/mol. The van der Waals surface area contributed by atoms with E-state index in [4.69, 9.17) is 14.2 Å². The Morgan fingerprint density at radius 1 is 0.359 bits per heavy atom. The molecule has 1 unspecified atom stereocenters. The van der Waals surface area contributed by atoms with E-state index in [1.807, 2.05) is 0 Å². The van der Waals surface area contributed by atoms with Gasteiger partial charge in [-0.1, -0.05) is 241 Å². The summed E-state index contributed by atoms with van der Waals surface area (Å²) in [6.07, 6.45) is 70.7. The fourth-order valence-electron chi connectivity index (χ4n) is 7.66. The predicted octanol–water partition coefficient (Wildman–Crippen LogP) is 18.7. The van der Waals surface area contributed by atoms with E-state index in [9.17, 15) is 9.59 Å². The van der Waals surface area contributed by atoms with Crippen LogP contribution in [0.25, 0.3) is 0 Å². The highest BCUT2D eigenvalue weighted by atomic mass is 16.6. The van der Waals surface area contributed by atoms with Crippen molar-refractivity contribution in [1.29, 1.82) is 0 Å². The molecule has 0 rings (SSSR count). The Bertz CT molecular complexity index is 1150. The van der Waals surface area contributed by atoms with Gasteiger partial charge in [0.25, 0.3) is 0 Å². The standard InChI is InChI=1S/C59H104O5/c1-4-7-10-13-16-19-22-25-28-29-30-31-33-34-37-40-43-46-49-52-58(60)63-56-57(55-62-54-51-48-45-42-39-36-27-24-21-18-15-12-9-6-3)64-59(61)53-50-47-44-41-38-35-32-26-23-20-17-14-11-8-5-2/h8,11-12,15,17,20-21,24,26,32,38,41,57H,4-7,9-10,13-14,16,18-19,22-23,25,27-31,33-37,39-40,42-56H2,1-3H3/b11-8-,15-12-,20-17-,24-21-,32-26-,41-38-. The third kappa shape index (κ3) is 52.0. The molecule has 0 aromatic rings. The van der Waals surface area contributed by atoms with Crippen molar-refractivity contribution in [2.75, 3.05) is 19.8 Å². The van der Waals surface area contributed by atoms with Crippen LogP contribution < -0.4 is 0 Å². The lowest BCUT2D eigenvalue weighted by Gasteiger charge is -2.18. The molecule has 0 aliphatic heterocycles. The van der Waals surface area contributed by atoms with Gasteiger partial charge in [-0.05, 0) is 83.5 Å². The number of esters is 2. The van der Waals surface area contributed by atoms with E-state index in [0.29, 0.717) is 19.4 Å². The number of carbonyl (C=O) groups is 2. The second kappa shape index (κ2) is 54.7. The highest BCUT2D eigenvalue weighted by molar-refractivity contribution is 5.70. The molecule has 0 saturated carbocycles.